The van der Waals surface area contributed by atoms with Crippen LogP contribution >= 0.6 is 22.6 Å². The highest BCUT2D eigenvalue weighted by molar-refractivity contribution is 14.1. The molecule has 0 rings (SSSR count). The molecular formula is C6H14IN. The fourth-order valence-corrected chi connectivity index (χ4v) is 1.55. The van der Waals surface area contributed by atoms with E-state index in [1.807, 2.05) is 0 Å². The molecule has 50 valence electrons. The summed E-state index contributed by atoms with van der Waals surface area (Å²) in [7, 11) is 0. The molecule has 0 bridgehead atoms. The van der Waals surface area contributed by atoms with Crippen molar-refractivity contribution >= 4 is 22.6 Å². The van der Waals surface area contributed by atoms with Crippen molar-refractivity contribution in [2.24, 2.45) is 0 Å². The highest BCUT2D eigenvalue weighted by Crippen LogP contribution is 1.93. The number of halogens is 1. The van der Waals surface area contributed by atoms with Crippen LogP contribution in [-0.2, 0) is 0 Å². The summed E-state index contributed by atoms with van der Waals surface area (Å²) in [6.07, 6.45) is 1.29. The van der Waals surface area contributed by atoms with E-state index in [2.05, 4.69) is 41.8 Å². The second kappa shape index (κ2) is 5.82. The standard InChI is InChI=1S/C6H14IN/c1-3-8-6(2)4-5-7/h6,8H,3-5H2,1-2H3. The van der Waals surface area contributed by atoms with Crippen LogP contribution in [0, 0.1) is 0 Å². The maximum atomic E-state index is 3.34. The number of alkyl halides is 1. The van der Waals surface area contributed by atoms with Crippen molar-refractivity contribution in [2.45, 2.75) is 26.3 Å². The quantitative estimate of drug-likeness (QED) is 0.570. The average molecular weight is 227 g/mol. The van der Waals surface area contributed by atoms with Crippen LogP contribution in [0.2, 0.25) is 0 Å². The van der Waals surface area contributed by atoms with Crippen LogP contribution in [0.5, 0.6) is 0 Å². The summed E-state index contributed by atoms with van der Waals surface area (Å²) in [5.74, 6) is 0. The van der Waals surface area contributed by atoms with Crippen molar-refractivity contribution in [3.63, 3.8) is 0 Å². The van der Waals surface area contributed by atoms with Crippen LogP contribution in [0.15, 0.2) is 0 Å². The summed E-state index contributed by atoms with van der Waals surface area (Å²) >= 11 is 2.40. The minimum atomic E-state index is 0.705. The molecule has 0 aromatic heterocycles. The summed E-state index contributed by atoms with van der Waals surface area (Å²) in [6.45, 7) is 5.46. The number of rotatable bonds is 4. The SMILES string of the molecule is CCNC(C)CCI. The van der Waals surface area contributed by atoms with E-state index in [0.29, 0.717) is 6.04 Å². The largest absolute Gasteiger partial charge is 0.315 e. The maximum absolute atomic E-state index is 3.34. The van der Waals surface area contributed by atoms with E-state index in [-0.39, 0.29) is 0 Å². The second-order valence-corrected chi connectivity index (χ2v) is 3.02. The molecule has 1 unspecified atom stereocenters. The van der Waals surface area contributed by atoms with Gasteiger partial charge in [0.25, 0.3) is 0 Å². The third kappa shape index (κ3) is 4.84. The maximum Gasteiger partial charge on any atom is 0.00459 e. The molecule has 0 aliphatic rings. The second-order valence-electron chi connectivity index (χ2n) is 1.94. The molecule has 0 saturated heterocycles. The van der Waals surface area contributed by atoms with E-state index in [1.165, 1.54) is 10.8 Å². The van der Waals surface area contributed by atoms with Gasteiger partial charge in [0.05, 0.1) is 0 Å². The molecule has 0 aromatic rings. The Morgan fingerprint density at radius 3 is 2.62 bits per heavy atom. The Morgan fingerprint density at radius 1 is 1.62 bits per heavy atom. The van der Waals surface area contributed by atoms with Gasteiger partial charge >= 0.3 is 0 Å². The molecule has 0 heterocycles. The summed E-state index contributed by atoms with van der Waals surface area (Å²) in [6, 6.07) is 0.705. The average Bonchev–Trinajstić information content (AvgIpc) is 1.68. The van der Waals surface area contributed by atoms with Crippen molar-refractivity contribution in [3.05, 3.63) is 0 Å². The van der Waals surface area contributed by atoms with Gasteiger partial charge in [-0.2, -0.15) is 0 Å². The van der Waals surface area contributed by atoms with Crippen LogP contribution in [0.3, 0.4) is 0 Å². The third-order valence-electron chi connectivity index (χ3n) is 1.09. The predicted molar refractivity (Wildman–Crippen MR) is 46.6 cm³/mol. The molecule has 2 heteroatoms. The summed E-state index contributed by atoms with van der Waals surface area (Å²) in [5, 5.41) is 3.34. The lowest BCUT2D eigenvalue weighted by molar-refractivity contribution is 0.559. The minimum Gasteiger partial charge on any atom is -0.315 e. The topological polar surface area (TPSA) is 12.0 Å². The molecule has 0 radical (unpaired) electrons. The lowest BCUT2D eigenvalue weighted by Crippen LogP contribution is -2.25. The van der Waals surface area contributed by atoms with E-state index in [9.17, 15) is 0 Å². The lowest BCUT2D eigenvalue weighted by atomic mass is 10.3. The molecule has 1 N–H and O–H groups in total. The lowest BCUT2D eigenvalue weighted by Gasteiger charge is -2.08. The van der Waals surface area contributed by atoms with Crippen molar-refractivity contribution in [1.82, 2.24) is 5.32 Å². The number of nitrogens with one attached hydrogen (secondary N) is 1. The first-order valence-electron chi connectivity index (χ1n) is 3.10. The van der Waals surface area contributed by atoms with Gasteiger partial charge in [0, 0.05) is 10.5 Å². The zero-order valence-corrected chi connectivity index (χ0v) is 7.73. The Labute approximate surface area is 65.4 Å². The Bertz CT molecular complexity index is 41.8. The van der Waals surface area contributed by atoms with Gasteiger partial charge in [-0.05, 0) is 19.9 Å². The van der Waals surface area contributed by atoms with E-state index in [1.54, 1.807) is 0 Å². The van der Waals surface area contributed by atoms with Crippen LogP contribution in [0.4, 0.5) is 0 Å². The van der Waals surface area contributed by atoms with Gasteiger partial charge in [0.15, 0.2) is 0 Å². The first-order chi connectivity index (χ1) is 3.81. The molecule has 1 atom stereocenters. The molecule has 0 saturated carbocycles. The molecule has 1 nitrogen and oxygen atoms in total. The zero-order valence-electron chi connectivity index (χ0n) is 5.58. The summed E-state index contributed by atoms with van der Waals surface area (Å²) in [5.41, 5.74) is 0. The van der Waals surface area contributed by atoms with Crippen molar-refractivity contribution in [1.29, 1.82) is 0 Å². The van der Waals surface area contributed by atoms with Crippen molar-refractivity contribution in [3.8, 4) is 0 Å². The van der Waals surface area contributed by atoms with Crippen LogP contribution < -0.4 is 5.32 Å². The Balaban J connectivity index is 2.92. The fourth-order valence-electron chi connectivity index (χ4n) is 0.614. The molecular weight excluding hydrogens is 213 g/mol. The van der Waals surface area contributed by atoms with Crippen molar-refractivity contribution in [2.75, 3.05) is 11.0 Å². The van der Waals surface area contributed by atoms with Gasteiger partial charge in [-0.25, -0.2) is 0 Å². The Hall–Kier alpha value is 0.690. The molecule has 0 spiro atoms. The molecule has 0 aromatic carbocycles. The normalized spacial score (nSPS) is 13.9. The van der Waals surface area contributed by atoms with E-state index < -0.39 is 0 Å². The van der Waals surface area contributed by atoms with Gasteiger partial charge < -0.3 is 5.32 Å². The summed E-state index contributed by atoms with van der Waals surface area (Å²) < 4.78 is 1.26. The van der Waals surface area contributed by atoms with Crippen LogP contribution in [-0.4, -0.2) is 17.0 Å². The Kier molecular flexibility index (Phi) is 6.32. The van der Waals surface area contributed by atoms with Gasteiger partial charge in [-0.3, -0.25) is 0 Å². The first kappa shape index (κ1) is 8.69. The summed E-state index contributed by atoms with van der Waals surface area (Å²) in [4.78, 5) is 0. The van der Waals surface area contributed by atoms with Gasteiger partial charge in [-0.15, -0.1) is 0 Å². The van der Waals surface area contributed by atoms with E-state index >= 15 is 0 Å². The van der Waals surface area contributed by atoms with Crippen molar-refractivity contribution < 1.29 is 0 Å². The number of hydrogen-bond acceptors (Lipinski definition) is 1. The predicted octanol–water partition coefficient (Wildman–Crippen LogP) is 1.81. The van der Waals surface area contributed by atoms with E-state index in [0.717, 1.165) is 6.54 Å². The van der Waals surface area contributed by atoms with Gasteiger partial charge in [0.2, 0.25) is 0 Å². The smallest absolute Gasteiger partial charge is 0.00459 e. The van der Waals surface area contributed by atoms with Gasteiger partial charge in [-0.1, -0.05) is 29.5 Å². The molecule has 0 fully saturated rings. The highest BCUT2D eigenvalue weighted by atomic mass is 127. The Morgan fingerprint density at radius 2 is 2.25 bits per heavy atom. The fraction of sp³-hybridized carbons (Fsp3) is 1.00. The molecule has 0 aliphatic heterocycles. The van der Waals surface area contributed by atoms with Crippen LogP contribution in [0.1, 0.15) is 20.3 Å². The highest BCUT2D eigenvalue weighted by Gasteiger charge is 1.94. The monoisotopic (exact) mass is 227 g/mol. The van der Waals surface area contributed by atoms with Crippen LogP contribution in [0.25, 0.3) is 0 Å². The number of hydrogen-bond donors (Lipinski definition) is 1. The minimum absolute atomic E-state index is 0.705. The van der Waals surface area contributed by atoms with Gasteiger partial charge in [0.1, 0.15) is 0 Å². The first-order valence-corrected chi connectivity index (χ1v) is 4.63. The van der Waals surface area contributed by atoms with E-state index in [4.69, 9.17) is 0 Å². The third-order valence-corrected chi connectivity index (χ3v) is 1.72. The zero-order chi connectivity index (χ0) is 6.41. The molecule has 8 heavy (non-hydrogen) atoms. The molecule has 0 aliphatic carbocycles. The molecule has 0 amide bonds.